The Morgan fingerprint density at radius 2 is 0.925 bits per heavy atom. The number of ether oxygens (including phenoxy) is 4. The molecule has 4 unspecified atom stereocenters. The van der Waals surface area contributed by atoms with Gasteiger partial charge in [0.1, 0.15) is 11.5 Å². The summed E-state index contributed by atoms with van der Waals surface area (Å²) in [5.74, 6) is -1.71. The molecular formula is C24H24Cl8O8. The lowest BCUT2D eigenvalue weighted by molar-refractivity contribution is -0.157. The Morgan fingerprint density at radius 1 is 0.650 bits per heavy atom. The Balaban J connectivity index is 0.000000400. The Bertz CT molecular complexity index is 990. The maximum atomic E-state index is 12.0. The van der Waals surface area contributed by atoms with Crippen LogP contribution in [0.25, 0.3) is 0 Å². The minimum atomic E-state index is -2.41. The average Bonchev–Trinajstić information content (AvgIpc) is 2.90. The third-order valence-corrected chi connectivity index (χ3v) is 8.97. The van der Waals surface area contributed by atoms with Gasteiger partial charge in [-0.05, 0) is 38.1 Å². The number of hydrogen-bond acceptors (Lipinski definition) is 8. The molecule has 0 aliphatic heterocycles. The van der Waals surface area contributed by atoms with Gasteiger partial charge in [-0.2, -0.15) is 0 Å². The molecule has 16 heteroatoms. The second-order valence-corrected chi connectivity index (χ2v) is 12.0. The van der Waals surface area contributed by atoms with Crippen LogP contribution in [0.3, 0.4) is 0 Å². The number of para-hydroxylation sites is 2. The van der Waals surface area contributed by atoms with Crippen LogP contribution < -0.4 is 9.47 Å². The first-order chi connectivity index (χ1) is 18.5. The van der Waals surface area contributed by atoms with Crippen molar-refractivity contribution in [1.29, 1.82) is 0 Å². The molecule has 0 aliphatic rings. The highest BCUT2D eigenvalue weighted by molar-refractivity contribution is 6.59. The molecular weight excluding hydrogens is 700 g/mol. The fraction of sp³-hybridized carbons (Fsp3) is 0.417. The van der Waals surface area contributed by atoms with Gasteiger partial charge in [-0.3, -0.25) is 0 Å². The summed E-state index contributed by atoms with van der Waals surface area (Å²) in [6, 6.07) is 16.2. The number of alkyl halides is 8. The van der Waals surface area contributed by atoms with Gasteiger partial charge in [0.15, 0.2) is 11.1 Å². The lowest BCUT2D eigenvalue weighted by Crippen LogP contribution is -2.58. The van der Waals surface area contributed by atoms with Crippen LogP contribution in [0, 0.1) is 0 Å². The zero-order chi connectivity index (χ0) is 30.8. The highest BCUT2D eigenvalue weighted by Crippen LogP contribution is 2.46. The number of aliphatic hydroxyl groups is 2. The molecule has 0 aliphatic carbocycles. The van der Waals surface area contributed by atoms with E-state index in [1.165, 1.54) is 24.3 Å². The first kappa shape index (κ1) is 37.2. The van der Waals surface area contributed by atoms with E-state index in [4.69, 9.17) is 112 Å². The van der Waals surface area contributed by atoms with Gasteiger partial charge in [0.25, 0.3) is 0 Å². The normalized spacial score (nSPS) is 16.1. The highest BCUT2D eigenvalue weighted by Gasteiger charge is 2.63. The van der Waals surface area contributed by atoms with Gasteiger partial charge in [0.2, 0.25) is 8.67 Å². The molecule has 0 saturated heterocycles. The van der Waals surface area contributed by atoms with Crippen LogP contribution in [-0.2, 0) is 19.1 Å². The number of hydrogen-bond donors (Lipinski definition) is 2. The summed E-state index contributed by atoms with van der Waals surface area (Å²) in [5, 5.41) is 14.1. The molecule has 40 heavy (non-hydrogen) atoms. The third kappa shape index (κ3) is 9.11. The van der Waals surface area contributed by atoms with E-state index < -0.39 is 41.9 Å². The lowest BCUT2D eigenvalue weighted by Gasteiger charge is -2.36. The van der Waals surface area contributed by atoms with Crippen LogP contribution in [0.4, 0.5) is 0 Å². The maximum Gasteiger partial charge on any atom is 0.370 e. The maximum absolute atomic E-state index is 12.0. The molecule has 0 amide bonds. The van der Waals surface area contributed by atoms with Gasteiger partial charge in [-0.1, -0.05) is 129 Å². The monoisotopic (exact) mass is 720 g/mol. The number of halogens is 8. The number of rotatable bonds is 12. The first-order valence-corrected chi connectivity index (χ1v) is 14.3. The fourth-order valence-corrected chi connectivity index (χ4v) is 3.92. The predicted molar refractivity (Wildman–Crippen MR) is 157 cm³/mol. The largest absolute Gasteiger partial charge is 0.462 e. The number of aliphatic hydroxyl groups excluding tert-OH is 2. The third-order valence-electron chi connectivity index (χ3n) is 4.54. The van der Waals surface area contributed by atoms with Crippen LogP contribution in [0.2, 0.25) is 0 Å². The van der Waals surface area contributed by atoms with Crippen molar-refractivity contribution in [1.82, 2.24) is 0 Å². The minimum Gasteiger partial charge on any atom is -0.462 e. The van der Waals surface area contributed by atoms with E-state index in [1.807, 2.05) is 0 Å². The minimum absolute atomic E-state index is 0.0215. The molecule has 0 spiro atoms. The zero-order valence-corrected chi connectivity index (χ0v) is 26.8. The van der Waals surface area contributed by atoms with E-state index in [-0.39, 0.29) is 24.7 Å². The Morgan fingerprint density at radius 3 is 1.15 bits per heavy atom. The molecule has 0 heterocycles. The molecule has 2 aromatic rings. The van der Waals surface area contributed by atoms with Gasteiger partial charge in [-0.15, -0.1) is 0 Å². The van der Waals surface area contributed by atoms with E-state index in [1.54, 1.807) is 50.2 Å². The molecule has 0 radical (unpaired) electrons. The quantitative estimate of drug-likeness (QED) is 0.187. The molecule has 0 bridgehead atoms. The summed E-state index contributed by atoms with van der Waals surface area (Å²) in [6.45, 7) is 3.18. The Labute approximate surface area is 271 Å². The fourth-order valence-electron chi connectivity index (χ4n) is 2.55. The number of esters is 2. The Kier molecular flexibility index (Phi) is 15.1. The van der Waals surface area contributed by atoms with Gasteiger partial charge in [0.05, 0.1) is 13.2 Å². The summed E-state index contributed by atoms with van der Waals surface area (Å²) >= 11 is 46.7. The van der Waals surface area contributed by atoms with Crippen molar-refractivity contribution >= 4 is 105 Å². The van der Waals surface area contributed by atoms with E-state index in [2.05, 4.69) is 0 Å². The average molecular weight is 724 g/mol. The SMILES string of the molecule is CCOC(=O)C(Cl)(Oc1ccccc1)C(Cl)(Cl)C(O)Cl.CCOC(=O)C(Cl)(Oc1ccccc1)C(Cl)(Cl)C(O)Cl. The van der Waals surface area contributed by atoms with E-state index in [9.17, 15) is 19.8 Å². The second kappa shape index (κ2) is 16.2. The zero-order valence-electron chi connectivity index (χ0n) is 20.7. The lowest BCUT2D eigenvalue weighted by atomic mass is 10.2. The first-order valence-electron chi connectivity index (χ1n) is 11.1. The van der Waals surface area contributed by atoms with Gasteiger partial charge >= 0.3 is 22.1 Å². The summed E-state index contributed by atoms with van der Waals surface area (Å²) in [7, 11) is 0. The van der Waals surface area contributed by atoms with Crippen LogP contribution in [-0.4, -0.2) is 65.3 Å². The highest BCUT2D eigenvalue weighted by atomic mass is 35.5. The summed E-state index contributed by atoms with van der Waals surface area (Å²) in [6.07, 6.45) is 0. The predicted octanol–water partition coefficient (Wildman–Crippen LogP) is 6.59. The molecule has 4 atom stereocenters. The topological polar surface area (TPSA) is 112 Å². The number of carbonyl (C=O) groups excluding carboxylic acids is 2. The van der Waals surface area contributed by atoms with Gasteiger partial charge < -0.3 is 29.2 Å². The van der Waals surface area contributed by atoms with E-state index in [0.717, 1.165) is 0 Å². The molecule has 2 rings (SSSR count). The van der Waals surface area contributed by atoms with E-state index in [0.29, 0.717) is 0 Å². The molecule has 0 aromatic heterocycles. The van der Waals surface area contributed by atoms with Gasteiger partial charge in [0, 0.05) is 0 Å². The molecule has 8 nitrogen and oxygen atoms in total. The van der Waals surface area contributed by atoms with Crippen LogP contribution >= 0.6 is 92.8 Å². The summed E-state index contributed by atoms with van der Waals surface area (Å²) in [5.41, 5.74) is -3.73. The van der Waals surface area contributed by atoms with Gasteiger partial charge in [-0.25, -0.2) is 9.59 Å². The smallest absolute Gasteiger partial charge is 0.370 e. The van der Waals surface area contributed by atoms with Crippen molar-refractivity contribution in [2.75, 3.05) is 13.2 Å². The standard InChI is InChI=1S/2C12H12Cl4O4/c2*1-2-19-10(18)12(16,11(14,15)9(13)17)20-8-6-4-3-5-7-8/h2*3-7,9,17H,2H2,1H3. The van der Waals surface area contributed by atoms with E-state index >= 15 is 0 Å². The number of carbonyl (C=O) groups is 2. The van der Waals surface area contributed by atoms with Crippen LogP contribution in [0.15, 0.2) is 60.7 Å². The van der Waals surface area contributed by atoms with Crippen molar-refractivity contribution in [3.8, 4) is 11.5 Å². The summed E-state index contributed by atoms with van der Waals surface area (Å²) in [4.78, 5) is 24.0. The molecule has 0 saturated carbocycles. The van der Waals surface area contributed by atoms with Crippen molar-refractivity contribution in [3.63, 3.8) is 0 Å². The summed E-state index contributed by atoms with van der Waals surface area (Å²) < 4.78 is 15.5. The van der Waals surface area contributed by atoms with Crippen molar-refractivity contribution in [2.24, 2.45) is 0 Å². The van der Waals surface area contributed by atoms with Crippen molar-refractivity contribution in [3.05, 3.63) is 60.7 Å². The molecule has 2 N–H and O–H groups in total. The molecule has 0 fully saturated rings. The van der Waals surface area contributed by atoms with Crippen LogP contribution in [0.5, 0.6) is 11.5 Å². The molecule has 224 valence electrons. The number of benzene rings is 2. The second-order valence-electron chi connectivity index (χ2n) is 7.38. The van der Waals surface area contributed by atoms with Crippen molar-refractivity contribution < 1.29 is 38.7 Å². The molecule has 2 aromatic carbocycles. The van der Waals surface area contributed by atoms with Crippen LogP contribution in [0.1, 0.15) is 13.8 Å². The van der Waals surface area contributed by atoms with Crippen molar-refractivity contribution in [2.45, 2.75) is 43.8 Å². The Hall–Kier alpha value is -0.780.